The van der Waals surface area contributed by atoms with E-state index in [0.29, 0.717) is 12.8 Å². The van der Waals surface area contributed by atoms with Gasteiger partial charge in [-0.2, -0.15) is 0 Å². The van der Waals surface area contributed by atoms with Gasteiger partial charge in [-0.25, -0.2) is 4.57 Å². The molecule has 51 heavy (non-hydrogen) atoms. The minimum atomic E-state index is -4.61. The van der Waals surface area contributed by atoms with Crippen molar-refractivity contribution in [1.82, 2.24) is 0 Å². The molecule has 0 aromatic heterocycles. The predicted molar refractivity (Wildman–Crippen MR) is 205 cm³/mol. The summed E-state index contributed by atoms with van der Waals surface area (Å²) in [5.74, 6) is -0.927. The Hall–Kier alpha value is -1.29. The molecule has 0 rings (SSSR count). The number of rotatable bonds is 39. The molecule has 0 bridgehead atoms. The summed E-state index contributed by atoms with van der Waals surface area (Å²) in [4.78, 5) is 34.9. The second-order valence-electron chi connectivity index (χ2n) is 14.0. The Morgan fingerprint density at radius 3 is 1.41 bits per heavy atom. The van der Waals surface area contributed by atoms with Crippen molar-refractivity contribution in [3.63, 3.8) is 0 Å². The second-order valence-corrected chi connectivity index (χ2v) is 15.5. The highest BCUT2D eigenvalue weighted by molar-refractivity contribution is 7.47. The molecule has 0 heterocycles. The molecule has 0 aliphatic heterocycles. The van der Waals surface area contributed by atoms with E-state index < -0.39 is 51.8 Å². The molecule has 0 radical (unpaired) electrons. The minimum absolute atomic E-state index is 0.178. The second kappa shape index (κ2) is 37.0. The molecule has 0 saturated heterocycles. The molecule has 0 fully saturated rings. The van der Waals surface area contributed by atoms with Crippen molar-refractivity contribution in [3.8, 4) is 0 Å². The van der Waals surface area contributed by atoms with Gasteiger partial charge < -0.3 is 24.6 Å². The van der Waals surface area contributed by atoms with Gasteiger partial charge in [0.2, 0.25) is 0 Å². The van der Waals surface area contributed by atoms with Crippen molar-refractivity contribution in [1.29, 1.82) is 0 Å². The van der Waals surface area contributed by atoms with Gasteiger partial charge >= 0.3 is 19.8 Å². The van der Waals surface area contributed by atoms with Gasteiger partial charge in [-0.3, -0.25) is 18.6 Å². The fraction of sp³-hybridized carbons (Fsp3) is 0.900. The van der Waals surface area contributed by atoms with E-state index in [0.717, 1.165) is 57.8 Å². The first-order valence-electron chi connectivity index (χ1n) is 20.6. The Morgan fingerprint density at radius 1 is 0.569 bits per heavy atom. The number of unbranched alkanes of at least 4 members (excludes halogenated alkanes) is 23. The van der Waals surface area contributed by atoms with E-state index in [2.05, 4.69) is 30.5 Å². The van der Waals surface area contributed by atoms with Crippen molar-refractivity contribution in [2.75, 3.05) is 26.4 Å². The molecule has 0 aliphatic rings. The SMILES string of the molecule is CCCCCCCC/C=C\CCCCCCCC(=O)O[C@H](COC(=O)CCCCCCCCCCCCCCC)COP(=O)(O)OC[C@@H](O)CO. The van der Waals surface area contributed by atoms with Crippen LogP contribution in [0.3, 0.4) is 0 Å². The molecule has 0 saturated carbocycles. The summed E-state index contributed by atoms with van der Waals surface area (Å²) >= 11 is 0. The van der Waals surface area contributed by atoms with Crippen LogP contribution in [0.2, 0.25) is 0 Å². The lowest BCUT2D eigenvalue weighted by Gasteiger charge is -2.20. The third-order valence-corrected chi connectivity index (χ3v) is 9.87. The molecule has 0 aliphatic carbocycles. The zero-order valence-electron chi connectivity index (χ0n) is 32.6. The molecule has 3 atom stereocenters. The molecule has 0 aromatic carbocycles. The van der Waals surface area contributed by atoms with E-state index in [4.69, 9.17) is 19.1 Å². The first-order chi connectivity index (χ1) is 24.7. The Labute approximate surface area is 311 Å². The lowest BCUT2D eigenvalue weighted by atomic mass is 10.0. The molecule has 0 spiro atoms. The highest BCUT2D eigenvalue weighted by Crippen LogP contribution is 2.43. The van der Waals surface area contributed by atoms with Crippen molar-refractivity contribution in [3.05, 3.63) is 12.2 Å². The highest BCUT2D eigenvalue weighted by atomic mass is 31.2. The Bertz CT molecular complexity index is 868. The van der Waals surface area contributed by atoms with Gasteiger partial charge in [0.25, 0.3) is 0 Å². The smallest absolute Gasteiger partial charge is 0.462 e. The van der Waals surface area contributed by atoms with Crippen LogP contribution < -0.4 is 0 Å². The van der Waals surface area contributed by atoms with Gasteiger partial charge in [0.1, 0.15) is 12.7 Å². The number of aliphatic hydroxyl groups is 2. The topological polar surface area (TPSA) is 149 Å². The van der Waals surface area contributed by atoms with Crippen molar-refractivity contribution in [2.24, 2.45) is 0 Å². The zero-order valence-corrected chi connectivity index (χ0v) is 33.5. The fourth-order valence-corrected chi connectivity index (χ4v) is 6.48. The summed E-state index contributed by atoms with van der Waals surface area (Å²) in [6.45, 7) is 2.37. The lowest BCUT2D eigenvalue weighted by Crippen LogP contribution is -2.29. The minimum Gasteiger partial charge on any atom is -0.462 e. The fourth-order valence-electron chi connectivity index (χ4n) is 5.69. The third-order valence-electron chi connectivity index (χ3n) is 8.92. The van der Waals surface area contributed by atoms with Crippen molar-refractivity contribution < 1.29 is 47.8 Å². The van der Waals surface area contributed by atoms with Crippen LogP contribution in [-0.2, 0) is 32.7 Å². The van der Waals surface area contributed by atoms with E-state index in [9.17, 15) is 24.2 Å². The molecule has 1 unspecified atom stereocenters. The Balaban J connectivity index is 4.32. The number of carbonyl (C=O) groups excluding carboxylic acids is 2. The number of phosphoric acid groups is 1. The molecule has 0 amide bonds. The van der Waals surface area contributed by atoms with Crippen molar-refractivity contribution >= 4 is 19.8 Å². The maximum absolute atomic E-state index is 12.6. The lowest BCUT2D eigenvalue weighted by molar-refractivity contribution is -0.161. The average molecular weight is 749 g/mol. The van der Waals surface area contributed by atoms with E-state index in [-0.39, 0.29) is 19.4 Å². The van der Waals surface area contributed by atoms with E-state index in [1.54, 1.807) is 0 Å². The molecule has 302 valence electrons. The van der Waals surface area contributed by atoms with Gasteiger partial charge in [-0.1, -0.05) is 154 Å². The zero-order chi connectivity index (χ0) is 37.7. The first-order valence-corrected chi connectivity index (χ1v) is 22.1. The van der Waals surface area contributed by atoms with Gasteiger partial charge in [0, 0.05) is 12.8 Å². The number of carbonyl (C=O) groups is 2. The van der Waals surface area contributed by atoms with Crippen molar-refractivity contribution in [2.45, 2.75) is 206 Å². The van der Waals surface area contributed by atoms with Gasteiger partial charge in [0.15, 0.2) is 6.10 Å². The quantitative estimate of drug-likeness (QED) is 0.0240. The van der Waals surface area contributed by atoms with Crippen LogP contribution in [-0.4, -0.2) is 65.7 Å². The molecule has 0 aromatic rings. The summed E-state index contributed by atoms with van der Waals surface area (Å²) in [6.07, 6.45) is 33.2. The predicted octanol–water partition coefficient (Wildman–Crippen LogP) is 10.4. The maximum atomic E-state index is 12.6. The average Bonchev–Trinajstić information content (AvgIpc) is 3.12. The number of ether oxygens (including phenoxy) is 2. The maximum Gasteiger partial charge on any atom is 0.472 e. The number of allylic oxidation sites excluding steroid dienone is 2. The molecule has 3 N–H and O–H groups in total. The normalized spacial score (nSPS) is 14.1. The number of hydrogen-bond acceptors (Lipinski definition) is 9. The van der Waals surface area contributed by atoms with E-state index in [1.807, 2.05) is 0 Å². The van der Waals surface area contributed by atoms with Crippen LogP contribution in [0.15, 0.2) is 12.2 Å². The van der Waals surface area contributed by atoms with Crippen LogP contribution in [0.5, 0.6) is 0 Å². The summed E-state index contributed by atoms with van der Waals surface area (Å²) < 4.78 is 32.6. The first kappa shape index (κ1) is 49.7. The third kappa shape index (κ3) is 36.8. The van der Waals surface area contributed by atoms with E-state index >= 15 is 0 Å². The van der Waals surface area contributed by atoms with Gasteiger partial charge in [-0.05, 0) is 38.5 Å². The van der Waals surface area contributed by atoms with Crippen LogP contribution in [0, 0.1) is 0 Å². The number of esters is 2. The van der Waals surface area contributed by atoms with Crippen LogP contribution in [0.25, 0.3) is 0 Å². The largest absolute Gasteiger partial charge is 0.472 e. The number of hydrogen-bond donors (Lipinski definition) is 3. The summed E-state index contributed by atoms with van der Waals surface area (Å²) in [5, 5.41) is 18.3. The molecule has 11 heteroatoms. The van der Waals surface area contributed by atoms with Gasteiger partial charge in [-0.15, -0.1) is 0 Å². The summed E-state index contributed by atoms with van der Waals surface area (Å²) in [6, 6.07) is 0. The number of aliphatic hydroxyl groups excluding tert-OH is 2. The standard InChI is InChI=1S/C40H77O10P/c1-3-5-7-9-11-13-15-17-18-20-22-24-26-28-30-32-40(44)50-38(36-49-51(45,46)48-34-37(42)33-41)35-47-39(43)31-29-27-25-23-21-19-16-14-12-10-8-6-4-2/h17-18,37-38,41-42H,3-16,19-36H2,1-2H3,(H,45,46)/b18-17-/t37-,38+/m0/s1. The molecular formula is C40H77O10P. The van der Waals surface area contributed by atoms with Crippen LogP contribution in [0.4, 0.5) is 0 Å². The van der Waals surface area contributed by atoms with E-state index in [1.165, 1.54) is 96.3 Å². The van der Waals surface area contributed by atoms with Crippen LogP contribution in [0.1, 0.15) is 194 Å². The Morgan fingerprint density at radius 2 is 0.961 bits per heavy atom. The van der Waals surface area contributed by atoms with Crippen LogP contribution >= 0.6 is 7.82 Å². The summed E-state index contributed by atoms with van der Waals surface area (Å²) in [7, 11) is -4.61. The Kier molecular flexibility index (Phi) is 36.1. The molecular weight excluding hydrogens is 671 g/mol. The van der Waals surface area contributed by atoms with Gasteiger partial charge in [0.05, 0.1) is 19.8 Å². The highest BCUT2D eigenvalue weighted by Gasteiger charge is 2.27. The summed E-state index contributed by atoms with van der Waals surface area (Å²) in [5.41, 5.74) is 0. The number of phosphoric ester groups is 1. The monoisotopic (exact) mass is 749 g/mol. The molecule has 10 nitrogen and oxygen atoms in total.